The Labute approximate surface area is 245 Å². The molecule has 0 bridgehead atoms. The molecule has 0 unspecified atom stereocenters. The van der Waals surface area contributed by atoms with Gasteiger partial charge in [0.1, 0.15) is 12.3 Å². The van der Waals surface area contributed by atoms with Crippen LogP contribution in [0.5, 0.6) is 5.75 Å². The largest absolute Gasteiger partial charge is 0.497 e. The molecule has 1 fully saturated rings. The Morgan fingerprint density at radius 3 is 2.32 bits per heavy atom. The Kier molecular flexibility index (Phi) is 9.11. The lowest BCUT2D eigenvalue weighted by Crippen LogP contribution is -2.44. The van der Waals surface area contributed by atoms with Crippen molar-refractivity contribution in [2.45, 2.75) is 13.0 Å². The maximum absolute atomic E-state index is 13.5. The van der Waals surface area contributed by atoms with Crippen LogP contribution >= 0.6 is 11.6 Å². The van der Waals surface area contributed by atoms with Crippen LogP contribution in [0.4, 0.5) is 5.82 Å². The quantitative estimate of drug-likeness (QED) is 0.291. The number of carbonyl (C=O) groups excluding carboxylic acids is 2. The van der Waals surface area contributed by atoms with Gasteiger partial charge in [-0.3, -0.25) is 9.59 Å². The molecule has 8 nitrogen and oxygen atoms in total. The van der Waals surface area contributed by atoms with Crippen molar-refractivity contribution in [1.29, 1.82) is 0 Å². The Hall–Kier alpha value is -4.43. The van der Waals surface area contributed by atoms with Gasteiger partial charge in [-0.1, -0.05) is 54.1 Å². The highest BCUT2D eigenvalue weighted by atomic mass is 35.5. The molecule has 4 aromatic rings. The summed E-state index contributed by atoms with van der Waals surface area (Å²) in [6.07, 6.45) is 0.783. The van der Waals surface area contributed by atoms with Gasteiger partial charge in [-0.25, -0.2) is 0 Å². The van der Waals surface area contributed by atoms with Crippen LogP contribution in [0.2, 0.25) is 5.02 Å². The second kappa shape index (κ2) is 13.3. The van der Waals surface area contributed by atoms with Crippen molar-refractivity contribution in [2.24, 2.45) is 0 Å². The first-order valence-electron chi connectivity index (χ1n) is 13.6. The molecule has 0 aliphatic carbocycles. The predicted molar refractivity (Wildman–Crippen MR) is 160 cm³/mol. The summed E-state index contributed by atoms with van der Waals surface area (Å²) in [5.74, 6) is 1.20. The second-order valence-corrected chi connectivity index (χ2v) is 10.3. The van der Waals surface area contributed by atoms with Gasteiger partial charge >= 0.3 is 0 Å². The molecule has 210 valence electrons. The van der Waals surface area contributed by atoms with E-state index in [-0.39, 0.29) is 18.4 Å². The number of benzene rings is 3. The van der Waals surface area contributed by atoms with Gasteiger partial charge in [0.15, 0.2) is 5.82 Å². The van der Waals surface area contributed by atoms with E-state index in [0.29, 0.717) is 36.8 Å². The number of carbonyl (C=O) groups is 2. The van der Waals surface area contributed by atoms with Gasteiger partial charge in [0, 0.05) is 38.3 Å². The summed E-state index contributed by atoms with van der Waals surface area (Å²) in [6.45, 7) is 2.79. The van der Waals surface area contributed by atoms with Crippen molar-refractivity contribution in [3.8, 4) is 17.0 Å². The number of anilines is 1. The van der Waals surface area contributed by atoms with Crippen LogP contribution in [0.1, 0.15) is 22.3 Å². The van der Waals surface area contributed by atoms with Gasteiger partial charge < -0.3 is 19.4 Å². The number of ether oxygens (including phenoxy) is 1. The second-order valence-electron chi connectivity index (χ2n) is 9.85. The topological polar surface area (TPSA) is 78.9 Å². The summed E-state index contributed by atoms with van der Waals surface area (Å²) in [5.41, 5.74) is 3.07. The van der Waals surface area contributed by atoms with E-state index in [1.54, 1.807) is 36.3 Å². The van der Waals surface area contributed by atoms with E-state index in [9.17, 15) is 9.59 Å². The SMILES string of the molecule is COc1ccc(-c2ccc(N3CCCN(C(=O)CN(Cc4ccccc4)C(=O)c4ccccc4Cl)CC3)nn2)cc1. The average Bonchev–Trinajstić information content (AvgIpc) is 3.28. The summed E-state index contributed by atoms with van der Waals surface area (Å²) in [4.78, 5) is 32.6. The highest BCUT2D eigenvalue weighted by Crippen LogP contribution is 2.23. The van der Waals surface area contributed by atoms with Crippen LogP contribution in [0.3, 0.4) is 0 Å². The molecule has 1 aliphatic heterocycles. The Morgan fingerprint density at radius 2 is 1.61 bits per heavy atom. The molecule has 0 radical (unpaired) electrons. The molecule has 2 heterocycles. The van der Waals surface area contributed by atoms with E-state index < -0.39 is 0 Å². The number of hydrogen-bond donors (Lipinski definition) is 0. The molecule has 5 rings (SSSR count). The van der Waals surface area contributed by atoms with E-state index in [0.717, 1.165) is 41.4 Å². The number of methoxy groups -OCH3 is 1. The summed E-state index contributed by atoms with van der Waals surface area (Å²) in [7, 11) is 1.64. The first-order valence-corrected chi connectivity index (χ1v) is 14.0. The zero-order chi connectivity index (χ0) is 28.6. The van der Waals surface area contributed by atoms with Gasteiger partial charge in [-0.05, 0) is 60.5 Å². The summed E-state index contributed by atoms with van der Waals surface area (Å²) >= 11 is 6.34. The molecule has 3 aromatic carbocycles. The number of nitrogens with zero attached hydrogens (tertiary/aromatic N) is 5. The standard InChI is InChI=1S/C32H32ClN5O3/c1-41-26-14-12-25(13-15-26)29-16-17-30(35-34-29)36-18-7-19-37(21-20-36)31(39)23-38(22-24-8-3-2-4-9-24)32(40)27-10-5-6-11-28(27)33/h2-6,8-17H,7,18-23H2,1H3. The Morgan fingerprint density at radius 1 is 0.854 bits per heavy atom. The molecule has 0 saturated carbocycles. The molecule has 41 heavy (non-hydrogen) atoms. The molecule has 1 saturated heterocycles. The zero-order valence-electron chi connectivity index (χ0n) is 22.9. The highest BCUT2D eigenvalue weighted by Gasteiger charge is 2.26. The fraction of sp³-hybridized carbons (Fsp3) is 0.250. The van der Waals surface area contributed by atoms with E-state index in [1.165, 1.54) is 0 Å². The molecule has 9 heteroatoms. The van der Waals surface area contributed by atoms with Crippen LogP contribution < -0.4 is 9.64 Å². The highest BCUT2D eigenvalue weighted by molar-refractivity contribution is 6.33. The van der Waals surface area contributed by atoms with Gasteiger partial charge in [-0.15, -0.1) is 10.2 Å². The number of aromatic nitrogens is 2. The van der Waals surface area contributed by atoms with Gasteiger partial charge in [0.05, 0.1) is 23.4 Å². The minimum Gasteiger partial charge on any atom is -0.497 e. The van der Waals surface area contributed by atoms with Crippen molar-refractivity contribution in [1.82, 2.24) is 20.0 Å². The van der Waals surface area contributed by atoms with E-state index in [1.807, 2.05) is 71.6 Å². The van der Waals surface area contributed by atoms with Crippen LogP contribution in [0, 0.1) is 0 Å². The average molecular weight is 570 g/mol. The van der Waals surface area contributed by atoms with Crippen LogP contribution in [-0.4, -0.2) is 71.6 Å². The Bertz CT molecular complexity index is 1470. The third-order valence-corrected chi connectivity index (χ3v) is 7.47. The van der Waals surface area contributed by atoms with Crippen molar-refractivity contribution in [3.63, 3.8) is 0 Å². The molecular formula is C32H32ClN5O3. The fourth-order valence-electron chi connectivity index (χ4n) is 4.88. The normalized spacial score (nSPS) is 13.4. The van der Waals surface area contributed by atoms with E-state index >= 15 is 0 Å². The lowest BCUT2D eigenvalue weighted by molar-refractivity contribution is -0.131. The van der Waals surface area contributed by atoms with Gasteiger partial charge in [0.25, 0.3) is 5.91 Å². The summed E-state index contributed by atoms with van der Waals surface area (Å²) in [6, 6.07) is 28.2. The van der Waals surface area contributed by atoms with E-state index in [4.69, 9.17) is 16.3 Å². The molecular weight excluding hydrogens is 538 g/mol. The van der Waals surface area contributed by atoms with Crippen molar-refractivity contribution in [3.05, 3.63) is 107 Å². The van der Waals surface area contributed by atoms with Gasteiger partial charge in [0.2, 0.25) is 5.91 Å². The number of rotatable bonds is 8. The monoisotopic (exact) mass is 569 g/mol. The number of amides is 2. The predicted octanol–water partition coefficient (Wildman–Crippen LogP) is 5.19. The zero-order valence-corrected chi connectivity index (χ0v) is 23.7. The number of hydrogen-bond acceptors (Lipinski definition) is 6. The molecule has 0 atom stereocenters. The lowest BCUT2D eigenvalue weighted by atomic mass is 10.1. The molecule has 0 spiro atoms. The molecule has 0 N–H and O–H groups in total. The minimum atomic E-state index is -0.267. The fourth-order valence-corrected chi connectivity index (χ4v) is 5.09. The maximum Gasteiger partial charge on any atom is 0.256 e. The smallest absolute Gasteiger partial charge is 0.256 e. The number of halogens is 1. The van der Waals surface area contributed by atoms with Crippen LogP contribution in [-0.2, 0) is 11.3 Å². The third-order valence-electron chi connectivity index (χ3n) is 7.14. The lowest BCUT2D eigenvalue weighted by Gasteiger charge is -2.27. The first kappa shape index (κ1) is 28.1. The third kappa shape index (κ3) is 7.02. The van der Waals surface area contributed by atoms with E-state index in [2.05, 4.69) is 15.1 Å². The maximum atomic E-state index is 13.5. The van der Waals surface area contributed by atoms with Crippen molar-refractivity contribution >= 4 is 29.2 Å². The summed E-state index contributed by atoms with van der Waals surface area (Å²) in [5, 5.41) is 9.27. The van der Waals surface area contributed by atoms with Crippen LogP contribution in [0.25, 0.3) is 11.3 Å². The molecule has 1 aliphatic rings. The van der Waals surface area contributed by atoms with Crippen molar-refractivity contribution in [2.75, 3.05) is 44.7 Å². The van der Waals surface area contributed by atoms with Crippen LogP contribution in [0.15, 0.2) is 91.0 Å². The molecule has 1 aromatic heterocycles. The van der Waals surface area contributed by atoms with Crippen molar-refractivity contribution < 1.29 is 14.3 Å². The molecule has 2 amide bonds. The Balaban J connectivity index is 1.24. The van der Waals surface area contributed by atoms with Gasteiger partial charge in [-0.2, -0.15) is 0 Å². The first-order chi connectivity index (χ1) is 20.0. The summed E-state index contributed by atoms with van der Waals surface area (Å²) < 4.78 is 5.23. The minimum absolute atomic E-state index is 0.0324.